The number of hydrogen-bond acceptors (Lipinski definition) is 6. The van der Waals surface area contributed by atoms with Crippen molar-refractivity contribution >= 4 is 0 Å². The first-order valence-corrected chi connectivity index (χ1v) is 11.6. The van der Waals surface area contributed by atoms with Gasteiger partial charge in [0.2, 0.25) is 0 Å². The Morgan fingerprint density at radius 1 is 0.483 bits per heavy atom. The maximum Gasteiger partial charge on any atom is 0.282 e. The van der Waals surface area contributed by atoms with Crippen LogP contribution in [0, 0.1) is 0 Å². The van der Waals surface area contributed by atoms with Gasteiger partial charge < -0.3 is 28.9 Å². The Hall–Kier alpha value is -0.240. The van der Waals surface area contributed by atoms with Crippen molar-refractivity contribution in [3.8, 4) is 0 Å². The number of nitrogens with zero attached hydrogens (tertiary/aromatic N) is 3. The zero-order chi connectivity index (χ0) is 22.0. The van der Waals surface area contributed by atoms with E-state index in [0.29, 0.717) is 0 Å². The van der Waals surface area contributed by atoms with Gasteiger partial charge >= 0.3 is 0 Å². The van der Waals surface area contributed by atoms with E-state index in [1.54, 1.807) is 21.3 Å². The largest absolute Gasteiger partial charge is 0.331 e. The molecule has 0 radical (unpaired) electrons. The Morgan fingerprint density at radius 2 is 0.862 bits per heavy atom. The predicted molar refractivity (Wildman–Crippen MR) is 123 cm³/mol. The van der Waals surface area contributed by atoms with Crippen molar-refractivity contribution in [2.24, 2.45) is 0 Å². The molecule has 0 amide bonds. The van der Waals surface area contributed by atoms with E-state index in [4.69, 9.17) is 14.2 Å². The molecule has 0 N–H and O–H groups in total. The number of unbranched alkanes of at least 4 members (excludes halogenated alkanes) is 8. The van der Waals surface area contributed by atoms with Gasteiger partial charge in [0.15, 0.2) is 0 Å². The fourth-order valence-electron chi connectivity index (χ4n) is 3.45. The van der Waals surface area contributed by atoms with Crippen LogP contribution in [0.15, 0.2) is 0 Å². The van der Waals surface area contributed by atoms with Gasteiger partial charge in [0.1, 0.15) is 0 Å². The molecule has 0 saturated heterocycles. The zero-order valence-corrected chi connectivity index (χ0v) is 20.7. The Morgan fingerprint density at radius 3 is 1.31 bits per heavy atom. The van der Waals surface area contributed by atoms with Crippen molar-refractivity contribution in [2.45, 2.75) is 70.2 Å². The van der Waals surface area contributed by atoms with Crippen LogP contribution in [0.5, 0.6) is 0 Å². The van der Waals surface area contributed by atoms with Crippen molar-refractivity contribution < 1.29 is 14.2 Å². The van der Waals surface area contributed by atoms with Gasteiger partial charge in [-0.05, 0) is 47.6 Å². The molecule has 0 atom stereocenters. The van der Waals surface area contributed by atoms with Crippen LogP contribution in [0.1, 0.15) is 64.2 Å². The highest BCUT2D eigenvalue weighted by Gasteiger charge is 2.28. The van der Waals surface area contributed by atoms with Crippen LogP contribution >= 0.6 is 0 Å². The maximum atomic E-state index is 5.33. The van der Waals surface area contributed by atoms with Gasteiger partial charge in [0.05, 0.1) is 0 Å². The molecule has 176 valence electrons. The summed E-state index contributed by atoms with van der Waals surface area (Å²) in [4.78, 5) is 7.15. The number of likely N-dealkylation sites (N-methyl/N-ethyl adjacent to an activating group) is 3. The molecule has 0 aromatic rings. The van der Waals surface area contributed by atoms with Crippen molar-refractivity contribution in [3.63, 3.8) is 0 Å². The minimum absolute atomic E-state index is 0.787. The van der Waals surface area contributed by atoms with Crippen LogP contribution in [-0.2, 0) is 14.2 Å². The van der Waals surface area contributed by atoms with Crippen molar-refractivity contribution in [3.05, 3.63) is 0 Å². The summed E-state index contributed by atoms with van der Waals surface area (Å²) in [5.41, 5.74) is 0. The highest BCUT2D eigenvalue weighted by atomic mass is 16.9. The first-order chi connectivity index (χ1) is 13.9. The minimum atomic E-state index is -0.852. The van der Waals surface area contributed by atoms with E-state index in [-0.39, 0.29) is 0 Å². The quantitative estimate of drug-likeness (QED) is 0.208. The molecule has 29 heavy (non-hydrogen) atoms. The molecule has 0 aromatic heterocycles. The summed E-state index contributed by atoms with van der Waals surface area (Å²) >= 11 is 0. The molecule has 6 heteroatoms. The molecule has 0 rings (SSSR count). The van der Waals surface area contributed by atoms with Crippen LogP contribution in [0.25, 0.3) is 0 Å². The average molecular weight is 418 g/mol. The van der Waals surface area contributed by atoms with Crippen molar-refractivity contribution in [2.75, 3.05) is 82.2 Å². The van der Waals surface area contributed by atoms with Crippen LogP contribution < -0.4 is 0 Å². The molecule has 0 bridgehead atoms. The Labute approximate surface area is 181 Å². The van der Waals surface area contributed by atoms with Crippen LogP contribution in [0.2, 0.25) is 0 Å². The van der Waals surface area contributed by atoms with E-state index >= 15 is 0 Å². The molecule has 0 saturated carbocycles. The van der Waals surface area contributed by atoms with Crippen LogP contribution in [0.4, 0.5) is 0 Å². The first kappa shape index (κ1) is 28.8. The fourth-order valence-corrected chi connectivity index (χ4v) is 3.45. The molecule has 0 heterocycles. The van der Waals surface area contributed by atoms with Crippen LogP contribution in [0.3, 0.4) is 0 Å². The van der Waals surface area contributed by atoms with Gasteiger partial charge in [-0.15, -0.1) is 0 Å². The maximum absolute atomic E-state index is 5.33. The van der Waals surface area contributed by atoms with Gasteiger partial charge in [-0.1, -0.05) is 44.9 Å². The first-order valence-electron chi connectivity index (χ1n) is 11.6. The summed E-state index contributed by atoms with van der Waals surface area (Å²) in [6.45, 7) is 5.83. The lowest BCUT2D eigenvalue weighted by molar-refractivity contribution is -0.355. The molecule has 0 unspecified atom stereocenters. The third-order valence-electron chi connectivity index (χ3n) is 5.75. The Bertz CT molecular complexity index is 344. The lowest BCUT2D eigenvalue weighted by Crippen LogP contribution is -2.35. The van der Waals surface area contributed by atoms with Gasteiger partial charge in [-0.2, -0.15) is 0 Å². The van der Waals surface area contributed by atoms with Crippen LogP contribution in [-0.4, -0.2) is 103 Å². The Kier molecular flexibility index (Phi) is 18.4. The SMILES string of the molecule is COC(CCCCCCCCCCCN(C)CCN(C)CCN(C)C)(OC)OC. The molecule has 0 aliphatic carbocycles. The van der Waals surface area contributed by atoms with Gasteiger partial charge in [-0.25, -0.2) is 0 Å². The van der Waals surface area contributed by atoms with E-state index in [0.717, 1.165) is 32.5 Å². The summed E-state index contributed by atoms with van der Waals surface area (Å²) < 4.78 is 16.0. The van der Waals surface area contributed by atoms with Gasteiger partial charge in [-0.3, -0.25) is 0 Å². The molecular weight excluding hydrogens is 366 g/mol. The second-order valence-electron chi connectivity index (χ2n) is 8.64. The molecule has 0 aromatic carbocycles. The summed E-state index contributed by atoms with van der Waals surface area (Å²) in [6, 6.07) is 0. The van der Waals surface area contributed by atoms with E-state index in [1.165, 1.54) is 64.5 Å². The number of ether oxygens (including phenoxy) is 3. The lowest BCUT2D eigenvalue weighted by Gasteiger charge is -2.28. The average Bonchev–Trinajstić information content (AvgIpc) is 2.72. The van der Waals surface area contributed by atoms with Gasteiger partial charge in [0.25, 0.3) is 5.97 Å². The standard InChI is InChI=1S/C23H51N3O3/c1-24(2)19-20-26(4)22-21-25(3)18-16-14-12-10-8-9-11-13-15-17-23(27-5,28-6)29-7/h8-22H2,1-7H3. The van der Waals surface area contributed by atoms with Crippen molar-refractivity contribution in [1.82, 2.24) is 14.7 Å². The lowest BCUT2D eigenvalue weighted by atomic mass is 10.1. The fraction of sp³-hybridized carbons (Fsp3) is 1.00. The van der Waals surface area contributed by atoms with E-state index in [1.807, 2.05) is 0 Å². The highest BCUT2D eigenvalue weighted by molar-refractivity contribution is 4.60. The summed E-state index contributed by atoms with van der Waals surface area (Å²) in [5, 5.41) is 0. The molecule has 6 nitrogen and oxygen atoms in total. The van der Waals surface area contributed by atoms with Crippen molar-refractivity contribution in [1.29, 1.82) is 0 Å². The summed E-state index contributed by atoms with van der Waals surface area (Å²) in [5.74, 6) is -0.852. The third kappa shape index (κ3) is 16.2. The number of methoxy groups -OCH3 is 3. The second kappa shape index (κ2) is 18.5. The van der Waals surface area contributed by atoms with E-state index in [2.05, 4.69) is 42.9 Å². The summed E-state index contributed by atoms with van der Waals surface area (Å²) in [7, 11) is 13.7. The molecular formula is C23H51N3O3. The summed E-state index contributed by atoms with van der Waals surface area (Å²) in [6.07, 6.45) is 12.5. The van der Waals surface area contributed by atoms with E-state index in [9.17, 15) is 0 Å². The van der Waals surface area contributed by atoms with E-state index < -0.39 is 5.97 Å². The molecule has 0 aliphatic heterocycles. The minimum Gasteiger partial charge on any atom is -0.331 e. The second-order valence-corrected chi connectivity index (χ2v) is 8.64. The normalized spacial score (nSPS) is 12.6. The topological polar surface area (TPSA) is 37.4 Å². The highest BCUT2D eigenvalue weighted by Crippen LogP contribution is 2.21. The third-order valence-corrected chi connectivity index (χ3v) is 5.75. The monoisotopic (exact) mass is 417 g/mol. The molecule has 0 spiro atoms. The number of rotatable bonds is 21. The predicted octanol–water partition coefficient (Wildman–Crippen LogP) is 3.91. The molecule has 0 aliphatic rings. The smallest absolute Gasteiger partial charge is 0.282 e. The zero-order valence-electron chi connectivity index (χ0n) is 20.7. The Balaban J connectivity index is 3.44. The molecule has 0 fully saturated rings. The number of hydrogen-bond donors (Lipinski definition) is 0. The van der Waals surface area contributed by atoms with Gasteiger partial charge in [0, 0.05) is 53.9 Å².